The largest absolute Gasteiger partial charge is 0.480 e. The Morgan fingerprint density at radius 1 is 1.40 bits per heavy atom. The molecule has 5 N–H and O–H groups in total. The van der Waals surface area contributed by atoms with Gasteiger partial charge in [-0.2, -0.15) is 0 Å². The van der Waals surface area contributed by atoms with Crippen LogP contribution in [0, 0.1) is 5.92 Å². The predicted molar refractivity (Wildman–Crippen MR) is 56.5 cm³/mol. The monoisotopic (exact) mass is 217 g/mol. The number of nitrogens with two attached hydrogens (primary N) is 1. The quantitative estimate of drug-likeness (QED) is 0.492. The van der Waals surface area contributed by atoms with Crippen molar-refractivity contribution in [2.75, 3.05) is 13.1 Å². The molecule has 0 fully saturated rings. The Hall–Kier alpha value is -1.30. The molecule has 0 aromatic rings. The molecule has 0 rings (SSSR count). The maximum atomic E-state index is 11.2. The van der Waals surface area contributed by atoms with Crippen LogP contribution in [0.2, 0.25) is 0 Å². The average molecular weight is 217 g/mol. The molecule has 0 aliphatic heterocycles. The van der Waals surface area contributed by atoms with Crippen molar-refractivity contribution >= 4 is 12.0 Å². The zero-order chi connectivity index (χ0) is 11.8. The average Bonchev–Trinajstić information content (AvgIpc) is 2.12. The van der Waals surface area contributed by atoms with Crippen LogP contribution in [-0.2, 0) is 4.79 Å². The number of carboxylic acid groups (broad SMARTS) is 1. The van der Waals surface area contributed by atoms with Crippen molar-refractivity contribution < 1.29 is 14.7 Å². The highest BCUT2D eigenvalue weighted by atomic mass is 16.4. The van der Waals surface area contributed by atoms with E-state index < -0.39 is 18.0 Å². The summed E-state index contributed by atoms with van der Waals surface area (Å²) in [5.74, 6) is -0.812. The highest BCUT2D eigenvalue weighted by Crippen LogP contribution is 2.04. The molecule has 0 aromatic carbocycles. The van der Waals surface area contributed by atoms with Gasteiger partial charge in [0.1, 0.15) is 6.04 Å². The molecule has 0 aliphatic rings. The van der Waals surface area contributed by atoms with E-state index in [1.165, 1.54) is 0 Å². The highest BCUT2D eigenvalue weighted by Gasteiger charge is 2.20. The molecule has 2 amide bonds. The molecule has 0 saturated carbocycles. The van der Waals surface area contributed by atoms with E-state index in [1.54, 1.807) is 0 Å². The molecule has 0 aromatic heterocycles. The second kappa shape index (κ2) is 7.05. The number of urea groups is 1. The number of carbonyl (C=O) groups excluding carboxylic acids is 1. The number of hydrogen-bond donors (Lipinski definition) is 4. The summed E-state index contributed by atoms with van der Waals surface area (Å²) in [5, 5.41) is 13.7. The van der Waals surface area contributed by atoms with Crippen LogP contribution in [0.15, 0.2) is 0 Å². The summed E-state index contributed by atoms with van der Waals surface area (Å²) in [5.41, 5.74) is 5.19. The Bertz CT molecular complexity index is 219. The van der Waals surface area contributed by atoms with Crippen LogP contribution in [0.4, 0.5) is 4.79 Å². The molecule has 1 unspecified atom stereocenters. The van der Waals surface area contributed by atoms with E-state index in [1.807, 2.05) is 13.8 Å². The van der Waals surface area contributed by atoms with Crippen LogP contribution in [-0.4, -0.2) is 36.2 Å². The summed E-state index contributed by atoms with van der Waals surface area (Å²) in [6, 6.07) is -1.34. The lowest BCUT2D eigenvalue weighted by atomic mass is 10.0. The van der Waals surface area contributed by atoms with Gasteiger partial charge in [-0.3, -0.25) is 0 Å². The molecule has 88 valence electrons. The van der Waals surface area contributed by atoms with Gasteiger partial charge in [0.2, 0.25) is 0 Å². The predicted octanol–water partition coefficient (Wildman–Crippen LogP) is -0.256. The number of amides is 2. The Morgan fingerprint density at radius 2 is 2.00 bits per heavy atom. The van der Waals surface area contributed by atoms with Crippen molar-refractivity contribution in [3.8, 4) is 0 Å². The molecule has 6 nitrogen and oxygen atoms in total. The van der Waals surface area contributed by atoms with Gasteiger partial charge < -0.3 is 21.5 Å². The van der Waals surface area contributed by atoms with Crippen molar-refractivity contribution in [1.82, 2.24) is 10.6 Å². The number of hydrogen-bond acceptors (Lipinski definition) is 3. The first-order valence-electron chi connectivity index (χ1n) is 4.94. The van der Waals surface area contributed by atoms with Gasteiger partial charge in [0.15, 0.2) is 0 Å². The molecular weight excluding hydrogens is 198 g/mol. The fourth-order valence-corrected chi connectivity index (χ4v) is 1.09. The third-order valence-corrected chi connectivity index (χ3v) is 1.74. The lowest BCUT2D eigenvalue weighted by Gasteiger charge is -2.16. The van der Waals surface area contributed by atoms with E-state index in [2.05, 4.69) is 10.6 Å². The van der Waals surface area contributed by atoms with E-state index in [9.17, 15) is 9.59 Å². The van der Waals surface area contributed by atoms with Crippen LogP contribution in [0.3, 0.4) is 0 Å². The first-order chi connectivity index (χ1) is 6.97. The number of nitrogens with one attached hydrogen (secondary N) is 2. The Kier molecular flexibility index (Phi) is 6.44. The van der Waals surface area contributed by atoms with Crippen molar-refractivity contribution in [1.29, 1.82) is 0 Å². The van der Waals surface area contributed by atoms with Crippen molar-refractivity contribution in [2.45, 2.75) is 26.3 Å². The molecule has 0 heterocycles. The Balaban J connectivity index is 4.05. The molecule has 0 aliphatic carbocycles. The lowest BCUT2D eigenvalue weighted by molar-refractivity contribution is -0.139. The van der Waals surface area contributed by atoms with Gasteiger partial charge in [-0.05, 0) is 12.3 Å². The normalized spacial score (nSPS) is 12.3. The number of carboxylic acids is 1. The smallest absolute Gasteiger partial charge is 0.326 e. The fraction of sp³-hybridized carbons (Fsp3) is 0.778. The summed E-state index contributed by atoms with van der Waals surface area (Å²) in [6.45, 7) is 4.46. The van der Waals surface area contributed by atoms with Crippen LogP contribution >= 0.6 is 0 Å². The molecule has 6 heteroatoms. The fourth-order valence-electron chi connectivity index (χ4n) is 1.09. The van der Waals surface area contributed by atoms with Crippen LogP contribution < -0.4 is 16.4 Å². The lowest BCUT2D eigenvalue weighted by Crippen LogP contribution is -2.47. The second-order valence-corrected chi connectivity index (χ2v) is 3.71. The van der Waals surface area contributed by atoms with Crippen LogP contribution in [0.5, 0.6) is 0 Å². The summed E-state index contributed by atoms with van der Waals surface area (Å²) in [4.78, 5) is 21.9. The molecule has 0 radical (unpaired) electrons. The second-order valence-electron chi connectivity index (χ2n) is 3.71. The minimum Gasteiger partial charge on any atom is -0.480 e. The SMILES string of the molecule is CC(C)CC(NC(=O)NCCN)C(=O)O. The first-order valence-corrected chi connectivity index (χ1v) is 4.94. The zero-order valence-electron chi connectivity index (χ0n) is 9.12. The van der Waals surface area contributed by atoms with E-state index in [4.69, 9.17) is 10.8 Å². The minimum atomic E-state index is -1.02. The zero-order valence-corrected chi connectivity index (χ0v) is 9.12. The molecule has 0 spiro atoms. The summed E-state index contributed by atoms with van der Waals surface area (Å²) in [6.07, 6.45) is 0.408. The van der Waals surface area contributed by atoms with Gasteiger partial charge in [0.25, 0.3) is 0 Å². The van der Waals surface area contributed by atoms with Gasteiger partial charge in [-0.25, -0.2) is 9.59 Å². The number of aliphatic carboxylic acids is 1. The highest BCUT2D eigenvalue weighted by molar-refractivity contribution is 5.82. The van der Waals surface area contributed by atoms with E-state index in [-0.39, 0.29) is 5.92 Å². The molecule has 1 atom stereocenters. The van der Waals surface area contributed by atoms with Crippen molar-refractivity contribution in [3.63, 3.8) is 0 Å². The molecular formula is C9H19N3O3. The Morgan fingerprint density at radius 3 is 2.40 bits per heavy atom. The van der Waals surface area contributed by atoms with Crippen molar-refractivity contribution in [2.24, 2.45) is 11.7 Å². The maximum Gasteiger partial charge on any atom is 0.326 e. The van der Waals surface area contributed by atoms with Gasteiger partial charge in [0, 0.05) is 13.1 Å². The molecule has 0 bridgehead atoms. The van der Waals surface area contributed by atoms with Gasteiger partial charge >= 0.3 is 12.0 Å². The number of rotatable bonds is 6. The third kappa shape index (κ3) is 6.73. The van der Waals surface area contributed by atoms with Gasteiger partial charge in [0.05, 0.1) is 0 Å². The topological polar surface area (TPSA) is 104 Å². The summed E-state index contributed by atoms with van der Waals surface area (Å²) in [7, 11) is 0. The minimum absolute atomic E-state index is 0.209. The van der Waals surface area contributed by atoms with Crippen LogP contribution in [0.1, 0.15) is 20.3 Å². The third-order valence-electron chi connectivity index (χ3n) is 1.74. The van der Waals surface area contributed by atoms with Gasteiger partial charge in [-0.1, -0.05) is 13.8 Å². The van der Waals surface area contributed by atoms with Crippen LogP contribution in [0.25, 0.3) is 0 Å². The van der Waals surface area contributed by atoms with Crippen molar-refractivity contribution in [3.05, 3.63) is 0 Å². The first kappa shape index (κ1) is 13.7. The van der Waals surface area contributed by atoms with Gasteiger partial charge in [-0.15, -0.1) is 0 Å². The van der Waals surface area contributed by atoms with E-state index in [0.717, 1.165) is 0 Å². The molecule has 0 saturated heterocycles. The molecule has 15 heavy (non-hydrogen) atoms. The Labute approximate surface area is 89.2 Å². The summed E-state index contributed by atoms with van der Waals surface area (Å²) < 4.78 is 0. The number of carbonyl (C=O) groups is 2. The summed E-state index contributed by atoms with van der Waals surface area (Å²) >= 11 is 0. The standard InChI is InChI=1S/C9H19N3O3/c1-6(2)5-7(8(13)14)12-9(15)11-4-3-10/h6-7H,3-5,10H2,1-2H3,(H,13,14)(H2,11,12,15). The van der Waals surface area contributed by atoms with E-state index in [0.29, 0.717) is 19.5 Å². The van der Waals surface area contributed by atoms with E-state index >= 15 is 0 Å². The maximum absolute atomic E-state index is 11.2.